The number of anilines is 2. The first kappa shape index (κ1) is 12.4. The van der Waals surface area contributed by atoms with Crippen molar-refractivity contribution in [3.63, 3.8) is 0 Å². The van der Waals surface area contributed by atoms with Gasteiger partial charge in [0.15, 0.2) is 0 Å². The largest absolute Gasteiger partial charge is 0.389 e. The second-order valence-corrected chi connectivity index (χ2v) is 4.36. The minimum atomic E-state index is 0.262. The van der Waals surface area contributed by atoms with Crippen LogP contribution in [0, 0.1) is 13.8 Å². The smallest absolute Gasteiger partial charge is 0.144 e. The van der Waals surface area contributed by atoms with Crippen molar-refractivity contribution in [2.24, 2.45) is 5.73 Å². The van der Waals surface area contributed by atoms with Gasteiger partial charge in [0.25, 0.3) is 0 Å². The van der Waals surface area contributed by atoms with Gasteiger partial charge in [0.2, 0.25) is 0 Å². The first-order chi connectivity index (χ1) is 8.56. The molecular weight excluding hydrogens is 246 g/mol. The number of nitrogens with one attached hydrogen (secondary N) is 1. The fourth-order valence-corrected chi connectivity index (χ4v) is 1.66. The Morgan fingerprint density at radius 3 is 2.72 bits per heavy atom. The lowest BCUT2D eigenvalue weighted by Crippen LogP contribution is -2.14. The summed E-state index contributed by atoms with van der Waals surface area (Å²) in [6.45, 7) is 3.78. The van der Waals surface area contributed by atoms with Gasteiger partial charge in [0.1, 0.15) is 16.6 Å². The number of rotatable bonds is 3. The van der Waals surface area contributed by atoms with Crippen molar-refractivity contribution in [3.05, 3.63) is 41.6 Å². The minimum absolute atomic E-state index is 0.262. The normalized spacial score (nSPS) is 10.1. The van der Waals surface area contributed by atoms with E-state index < -0.39 is 0 Å². The zero-order valence-electron chi connectivity index (χ0n) is 10.1. The lowest BCUT2D eigenvalue weighted by Gasteiger charge is -2.10. The Kier molecular flexibility index (Phi) is 3.47. The number of pyridine rings is 1. The molecule has 0 aliphatic heterocycles. The molecule has 0 amide bonds. The van der Waals surface area contributed by atoms with E-state index in [1.54, 1.807) is 18.6 Å². The van der Waals surface area contributed by atoms with E-state index in [9.17, 15) is 0 Å². The minimum Gasteiger partial charge on any atom is -0.389 e. The third kappa shape index (κ3) is 2.78. The van der Waals surface area contributed by atoms with E-state index in [4.69, 9.17) is 18.0 Å². The van der Waals surface area contributed by atoms with Gasteiger partial charge in [-0.25, -0.2) is 9.97 Å². The molecule has 0 unspecified atom stereocenters. The molecule has 0 fully saturated rings. The molecule has 0 bridgehead atoms. The van der Waals surface area contributed by atoms with Crippen molar-refractivity contribution >= 4 is 28.7 Å². The molecule has 0 atom stereocenters. The van der Waals surface area contributed by atoms with Crippen LogP contribution < -0.4 is 11.1 Å². The average Bonchev–Trinajstić information content (AvgIpc) is 2.28. The van der Waals surface area contributed by atoms with Gasteiger partial charge in [-0.05, 0) is 25.5 Å². The summed E-state index contributed by atoms with van der Waals surface area (Å²) in [7, 11) is 0. The molecule has 2 rings (SSSR count). The van der Waals surface area contributed by atoms with Crippen LogP contribution in [-0.2, 0) is 0 Å². The van der Waals surface area contributed by atoms with Gasteiger partial charge in [0, 0.05) is 12.4 Å². The molecule has 0 saturated carbocycles. The van der Waals surface area contributed by atoms with Gasteiger partial charge in [-0.15, -0.1) is 0 Å². The van der Waals surface area contributed by atoms with Crippen LogP contribution in [0.15, 0.2) is 24.7 Å². The molecule has 6 heteroatoms. The van der Waals surface area contributed by atoms with Gasteiger partial charge in [-0.3, -0.25) is 4.98 Å². The summed E-state index contributed by atoms with van der Waals surface area (Å²) in [5, 5.41) is 3.15. The number of aryl methyl sites for hydroxylation is 2. The lowest BCUT2D eigenvalue weighted by atomic mass is 10.2. The molecular formula is C12H13N5S. The van der Waals surface area contributed by atoms with E-state index >= 15 is 0 Å². The van der Waals surface area contributed by atoms with Crippen LogP contribution in [0.5, 0.6) is 0 Å². The molecule has 0 aromatic carbocycles. The summed E-state index contributed by atoms with van der Waals surface area (Å²) in [6.07, 6.45) is 5.12. The quantitative estimate of drug-likeness (QED) is 0.819. The van der Waals surface area contributed by atoms with Gasteiger partial charge in [-0.2, -0.15) is 0 Å². The molecule has 0 saturated heterocycles. The van der Waals surface area contributed by atoms with E-state index in [-0.39, 0.29) is 4.99 Å². The zero-order chi connectivity index (χ0) is 13.1. The van der Waals surface area contributed by atoms with E-state index in [0.29, 0.717) is 17.2 Å². The molecule has 3 N–H and O–H groups in total. The van der Waals surface area contributed by atoms with Crippen LogP contribution in [0.25, 0.3) is 0 Å². The van der Waals surface area contributed by atoms with Crippen molar-refractivity contribution in [2.75, 3.05) is 5.32 Å². The highest BCUT2D eigenvalue weighted by molar-refractivity contribution is 7.80. The number of nitrogens with two attached hydrogens (primary N) is 1. The predicted molar refractivity (Wildman–Crippen MR) is 74.9 cm³/mol. The standard InChI is InChI=1S/C12H13N5S/c1-7-3-9(5-14-4-7)17-12-10(11(13)18)6-15-8(2)16-12/h3-6H,1-2H3,(H2,13,18)(H,15,16,17). The van der Waals surface area contributed by atoms with Gasteiger partial charge < -0.3 is 11.1 Å². The van der Waals surface area contributed by atoms with E-state index in [2.05, 4.69) is 20.3 Å². The summed E-state index contributed by atoms with van der Waals surface area (Å²) in [6, 6.07) is 1.97. The third-order valence-corrected chi connectivity index (χ3v) is 2.53. The summed E-state index contributed by atoms with van der Waals surface area (Å²) in [5.74, 6) is 1.25. The number of nitrogens with zero attached hydrogens (tertiary/aromatic N) is 3. The second kappa shape index (κ2) is 5.05. The Morgan fingerprint density at radius 1 is 1.28 bits per heavy atom. The van der Waals surface area contributed by atoms with E-state index in [1.807, 2.05) is 19.9 Å². The maximum Gasteiger partial charge on any atom is 0.144 e. The van der Waals surface area contributed by atoms with Crippen LogP contribution in [0.4, 0.5) is 11.5 Å². The monoisotopic (exact) mass is 259 g/mol. The molecule has 0 spiro atoms. The number of hydrogen-bond acceptors (Lipinski definition) is 5. The first-order valence-corrected chi connectivity index (χ1v) is 5.79. The lowest BCUT2D eigenvalue weighted by molar-refractivity contribution is 1.05. The summed E-state index contributed by atoms with van der Waals surface area (Å²) in [5.41, 5.74) is 8.16. The summed E-state index contributed by atoms with van der Waals surface area (Å²) < 4.78 is 0. The molecule has 0 radical (unpaired) electrons. The highest BCUT2D eigenvalue weighted by Gasteiger charge is 2.08. The maximum absolute atomic E-state index is 5.64. The molecule has 92 valence electrons. The predicted octanol–water partition coefficient (Wildman–Crippen LogP) is 1.87. The Balaban J connectivity index is 2.39. The van der Waals surface area contributed by atoms with Crippen LogP contribution >= 0.6 is 12.2 Å². The van der Waals surface area contributed by atoms with Crippen molar-refractivity contribution in [3.8, 4) is 0 Å². The van der Waals surface area contributed by atoms with Crippen molar-refractivity contribution in [1.29, 1.82) is 0 Å². The maximum atomic E-state index is 5.64. The van der Waals surface area contributed by atoms with Crippen molar-refractivity contribution in [1.82, 2.24) is 15.0 Å². The molecule has 2 heterocycles. The molecule has 18 heavy (non-hydrogen) atoms. The molecule has 0 aliphatic carbocycles. The zero-order valence-corrected chi connectivity index (χ0v) is 11.0. The Bertz CT molecular complexity index is 597. The van der Waals surface area contributed by atoms with Crippen LogP contribution in [0.2, 0.25) is 0 Å². The SMILES string of the molecule is Cc1cncc(Nc2nc(C)ncc2C(N)=S)c1. The molecule has 2 aromatic rings. The Morgan fingerprint density at radius 2 is 2.06 bits per heavy atom. The van der Waals surface area contributed by atoms with Crippen molar-refractivity contribution < 1.29 is 0 Å². The van der Waals surface area contributed by atoms with Gasteiger partial charge in [0.05, 0.1) is 17.4 Å². The van der Waals surface area contributed by atoms with Gasteiger partial charge in [-0.1, -0.05) is 12.2 Å². The number of thiocarbonyl (C=S) groups is 1. The molecule has 0 aliphatic rings. The van der Waals surface area contributed by atoms with Crippen LogP contribution in [0.1, 0.15) is 17.0 Å². The van der Waals surface area contributed by atoms with Crippen LogP contribution in [-0.4, -0.2) is 19.9 Å². The summed E-state index contributed by atoms with van der Waals surface area (Å²) in [4.78, 5) is 12.8. The van der Waals surface area contributed by atoms with Crippen LogP contribution in [0.3, 0.4) is 0 Å². The third-order valence-electron chi connectivity index (χ3n) is 2.31. The number of hydrogen-bond donors (Lipinski definition) is 2. The number of aromatic nitrogens is 3. The highest BCUT2D eigenvalue weighted by atomic mass is 32.1. The average molecular weight is 259 g/mol. The fourth-order valence-electron chi connectivity index (χ4n) is 1.51. The molecule has 5 nitrogen and oxygen atoms in total. The molecule has 2 aromatic heterocycles. The topological polar surface area (TPSA) is 76.7 Å². The second-order valence-electron chi connectivity index (χ2n) is 3.92. The van der Waals surface area contributed by atoms with E-state index in [0.717, 1.165) is 11.3 Å². The Hall–Kier alpha value is -2.08. The highest BCUT2D eigenvalue weighted by Crippen LogP contribution is 2.18. The summed E-state index contributed by atoms with van der Waals surface area (Å²) >= 11 is 4.98. The van der Waals surface area contributed by atoms with E-state index in [1.165, 1.54) is 0 Å². The van der Waals surface area contributed by atoms with Gasteiger partial charge >= 0.3 is 0 Å². The first-order valence-electron chi connectivity index (χ1n) is 5.38. The van der Waals surface area contributed by atoms with Crippen molar-refractivity contribution in [2.45, 2.75) is 13.8 Å². The fraction of sp³-hybridized carbons (Fsp3) is 0.167. The Labute approximate surface area is 110 Å².